The molecule has 4 heterocycles. The van der Waals surface area contributed by atoms with Gasteiger partial charge in [0.25, 0.3) is 0 Å². The van der Waals surface area contributed by atoms with Crippen LogP contribution in [0.25, 0.3) is 0 Å². The summed E-state index contributed by atoms with van der Waals surface area (Å²) in [6, 6.07) is 0. The first-order chi connectivity index (χ1) is 44.8. The fourth-order valence-electron chi connectivity index (χ4n) is 16.7. The SMILES string of the molecule is C.C.C.C.C.C.C.C.CCC(C)(C)C(=O)OC(C)(C)C(=O)OC1C2CC3C(=O)OC1(C)C3C2.CCC(C)(C)C(=O)OC(C)(C)C(=O)OC1C2OC(=O)C3CC1(C)CC32.CCC(C)(C)C(=O)OCCC(=O)OC1(C)C2CC3C(=O)OC1C3C2.CCC(C)(C)C(=O)OCCC(=O)OC1C2CC3C(=O)OC1C3C2. The Morgan fingerprint density at radius 2 is 0.867 bits per heavy atom. The molecule has 0 aromatic rings. The summed E-state index contributed by atoms with van der Waals surface area (Å²) in [5.74, 6) is -3.02. The van der Waals surface area contributed by atoms with E-state index in [9.17, 15) is 57.5 Å². The molecular weight excluding hydrogens is 1360 g/mol. The number of fused-ring (bicyclic) bond motifs is 4. The van der Waals surface area contributed by atoms with Crippen LogP contribution in [0.2, 0.25) is 0 Å². The van der Waals surface area contributed by atoms with Gasteiger partial charge in [-0.15, -0.1) is 0 Å². The van der Waals surface area contributed by atoms with Crippen molar-refractivity contribution in [3.8, 4) is 0 Å². The summed E-state index contributed by atoms with van der Waals surface area (Å²) in [7, 11) is 0. The number of ether oxygens (including phenoxy) is 12. The van der Waals surface area contributed by atoms with Crippen molar-refractivity contribution in [2.75, 3.05) is 13.2 Å². The quantitative estimate of drug-likeness (QED) is 0.0718. The Morgan fingerprint density at radius 3 is 1.37 bits per heavy atom. The first kappa shape index (κ1) is 96.7. The second-order valence-electron chi connectivity index (χ2n) is 33.8. The number of hydrogen-bond acceptors (Lipinski definition) is 24. The first-order valence-electron chi connectivity index (χ1n) is 35.3. The van der Waals surface area contributed by atoms with Crippen LogP contribution >= 0.6 is 0 Å². The van der Waals surface area contributed by atoms with Gasteiger partial charge >= 0.3 is 71.6 Å². The van der Waals surface area contributed by atoms with Crippen molar-refractivity contribution in [2.24, 2.45) is 92.2 Å². The summed E-state index contributed by atoms with van der Waals surface area (Å²) < 4.78 is 65.8. The van der Waals surface area contributed by atoms with E-state index >= 15 is 0 Å². The van der Waals surface area contributed by atoms with Crippen LogP contribution in [0, 0.1) is 92.2 Å². The predicted octanol–water partition coefficient (Wildman–Crippen LogP) is 14.4. The van der Waals surface area contributed by atoms with E-state index in [-0.39, 0.29) is 216 Å². The van der Waals surface area contributed by atoms with Gasteiger partial charge in [-0.1, -0.05) is 94.0 Å². The molecule has 20 atom stereocenters. The molecule has 12 rings (SSSR count). The van der Waals surface area contributed by atoms with E-state index in [0.717, 1.165) is 38.5 Å². The number of carbonyl (C=O) groups is 12. The Hall–Kier alpha value is -6.36. The molecule has 4 aliphatic heterocycles. The molecule has 8 bridgehead atoms. The normalized spacial score (nSPS) is 33.2. The highest BCUT2D eigenvalue weighted by atomic mass is 16.7. The molecule has 12 fully saturated rings. The summed E-state index contributed by atoms with van der Waals surface area (Å²) in [5.41, 5.74) is -6.91. The van der Waals surface area contributed by atoms with E-state index < -0.39 is 92.1 Å². The van der Waals surface area contributed by atoms with Gasteiger partial charge in [-0.25, -0.2) is 9.59 Å². The zero-order valence-corrected chi connectivity index (χ0v) is 60.4. The van der Waals surface area contributed by atoms with Crippen LogP contribution in [0.5, 0.6) is 0 Å². The lowest BCUT2D eigenvalue weighted by molar-refractivity contribution is -0.198. The summed E-state index contributed by atoms with van der Waals surface area (Å²) in [6.45, 7) is 34.0. The maximum Gasteiger partial charge on any atom is 0.350 e. The Morgan fingerprint density at radius 1 is 0.429 bits per heavy atom. The van der Waals surface area contributed by atoms with E-state index in [2.05, 4.69) is 0 Å². The monoisotopic (exact) mass is 1490 g/mol. The van der Waals surface area contributed by atoms with Crippen molar-refractivity contribution >= 4 is 71.6 Å². The Kier molecular flexibility index (Phi) is 31.7. The van der Waals surface area contributed by atoms with Gasteiger partial charge < -0.3 is 56.8 Å². The molecule has 0 aromatic heterocycles. The first-order valence-corrected chi connectivity index (χ1v) is 35.3. The van der Waals surface area contributed by atoms with Crippen LogP contribution in [0.4, 0.5) is 0 Å². The van der Waals surface area contributed by atoms with E-state index in [0.29, 0.717) is 38.5 Å². The molecule has 105 heavy (non-hydrogen) atoms. The minimum absolute atomic E-state index is 0. The highest BCUT2D eigenvalue weighted by molar-refractivity contribution is 5.87. The molecule has 24 nitrogen and oxygen atoms in total. The fourth-order valence-corrected chi connectivity index (χ4v) is 16.7. The van der Waals surface area contributed by atoms with Crippen LogP contribution in [-0.2, 0) is 114 Å². The molecule has 0 aromatic carbocycles. The number of esters is 12. The topological polar surface area (TPSA) is 316 Å². The van der Waals surface area contributed by atoms with Gasteiger partial charge in [0, 0.05) is 46.8 Å². The Bertz CT molecular complexity index is 3100. The van der Waals surface area contributed by atoms with E-state index in [1.54, 1.807) is 27.7 Å². The lowest BCUT2D eigenvalue weighted by Gasteiger charge is -2.36. The Labute approximate surface area is 628 Å². The largest absolute Gasteiger partial charge is 0.465 e. The van der Waals surface area contributed by atoms with Crippen molar-refractivity contribution < 1.29 is 114 Å². The smallest absolute Gasteiger partial charge is 0.350 e. The molecule has 0 spiro atoms. The van der Waals surface area contributed by atoms with Gasteiger partial charge in [-0.2, -0.15) is 0 Å². The van der Waals surface area contributed by atoms with Crippen molar-refractivity contribution in [1.82, 2.24) is 0 Å². The Balaban J connectivity index is 0.000000683. The fraction of sp³-hybridized carbons (Fsp3) is 0.852. The molecule has 24 heteroatoms. The molecule has 0 radical (unpaired) electrons. The van der Waals surface area contributed by atoms with E-state index in [1.165, 1.54) is 27.7 Å². The molecule has 12 aliphatic rings. The third kappa shape index (κ3) is 18.2. The molecular formula is C81H138O24. The van der Waals surface area contributed by atoms with Gasteiger partial charge in [0.15, 0.2) is 0 Å². The minimum atomic E-state index is -1.39. The second-order valence-corrected chi connectivity index (χ2v) is 33.8. The van der Waals surface area contributed by atoms with Crippen LogP contribution in [0.15, 0.2) is 0 Å². The summed E-state index contributed by atoms with van der Waals surface area (Å²) in [4.78, 5) is 145. The number of rotatable bonds is 22. The standard InChI is InChI=1S/2C19H28O6.C18H26O6.C17H24O6.8CH4/c1-7-17(2,3)15(21)25-18(4,5)16(22)24-13-12-10-8-19(13,6)9-11(10)14(20)23-12;1-7-17(2,3)15(21)25-18(4,5)16(22)23-13-10-8-11-12(9-10)19(13,6)24-14(11)20;1-5-17(2,3)16(21)22-7-6-13(19)24-18(4)10-8-11-12(9-10)15(20)23-14(11)18;1-4-17(2,3)16(20)21-6-5-12(18)22-13-9-7-10-11(8-9)15(19)23-14(10)13;;;;;;;;/h2*10-13H,7-9H2,1-6H3;10-12,14H,5-9H2,1-4H3;9-11,13-14H,4-8H2,1-3H3;8*1H4. The zero-order valence-electron chi connectivity index (χ0n) is 60.4. The van der Waals surface area contributed by atoms with Gasteiger partial charge in [0.1, 0.15) is 61.0 Å². The van der Waals surface area contributed by atoms with Crippen LogP contribution in [0.3, 0.4) is 0 Å². The lowest BCUT2D eigenvalue weighted by Crippen LogP contribution is -2.50. The average Bonchev–Trinajstić information content (AvgIpc) is 1.54. The highest BCUT2D eigenvalue weighted by Crippen LogP contribution is 2.64. The maximum atomic E-state index is 12.7. The van der Waals surface area contributed by atoms with Crippen molar-refractivity contribution in [2.45, 2.75) is 340 Å². The molecule has 8 saturated carbocycles. The van der Waals surface area contributed by atoms with Crippen molar-refractivity contribution in [1.29, 1.82) is 0 Å². The molecule has 606 valence electrons. The number of carbonyl (C=O) groups excluding carboxylic acids is 12. The van der Waals surface area contributed by atoms with Gasteiger partial charge in [-0.05, 0) is 174 Å². The average molecular weight is 1500 g/mol. The molecule has 20 unspecified atom stereocenters. The number of hydrogen-bond donors (Lipinski definition) is 0. The maximum absolute atomic E-state index is 12.7. The summed E-state index contributed by atoms with van der Waals surface area (Å²) in [6.07, 6.45) is 6.76. The van der Waals surface area contributed by atoms with Gasteiger partial charge in [0.05, 0.1) is 58.2 Å². The van der Waals surface area contributed by atoms with E-state index in [4.69, 9.17) is 56.8 Å². The minimum Gasteiger partial charge on any atom is -0.465 e. The van der Waals surface area contributed by atoms with Gasteiger partial charge in [0.2, 0.25) is 11.2 Å². The zero-order chi connectivity index (χ0) is 72.0. The van der Waals surface area contributed by atoms with Crippen LogP contribution in [-0.4, -0.2) is 144 Å². The van der Waals surface area contributed by atoms with Crippen molar-refractivity contribution in [3.63, 3.8) is 0 Å². The lowest BCUT2D eigenvalue weighted by atomic mass is 9.79. The predicted molar refractivity (Wildman–Crippen MR) is 393 cm³/mol. The van der Waals surface area contributed by atoms with Crippen LogP contribution in [0.1, 0.15) is 281 Å². The summed E-state index contributed by atoms with van der Waals surface area (Å²) >= 11 is 0. The van der Waals surface area contributed by atoms with Crippen molar-refractivity contribution in [3.05, 3.63) is 0 Å². The molecule has 0 N–H and O–H groups in total. The second kappa shape index (κ2) is 34.5. The summed E-state index contributed by atoms with van der Waals surface area (Å²) in [5, 5.41) is 0. The third-order valence-electron chi connectivity index (χ3n) is 24.7. The molecule has 0 amide bonds. The van der Waals surface area contributed by atoms with Crippen LogP contribution < -0.4 is 0 Å². The highest BCUT2D eigenvalue weighted by Gasteiger charge is 2.72. The molecule has 8 aliphatic carbocycles. The molecule has 4 saturated heterocycles. The van der Waals surface area contributed by atoms with E-state index in [1.807, 2.05) is 76.2 Å². The van der Waals surface area contributed by atoms with Gasteiger partial charge in [-0.3, -0.25) is 47.9 Å². The third-order valence-corrected chi connectivity index (χ3v) is 24.7.